The van der Waals surface area contributed by atoms with Crippen molar-refractivity contribution < 1.29 is 38.9 Å². The first kappa shape index (κ1) is 59.0. The molecule has 0 aliphatic rings. The molecular weight excluding hydrogens is 1110 g/mol. The van der Waals surface area contributed by atoms with Gasteiger partial charge in [-0.15, -0.1) is 0 Å². The fraction of sp³-hybridized carbons (Fsp3) is 0.333. The van der Waals surface area contributed by atoms with Crippen molar-refractivity contribution in [1.29, 1.82) is 0 Å². The summed E-state index contributed by atoms with van der Waals surface area (Å²) in [4.78, 5) is 50.2. The predicted molar refractivity (Wildman–Crippen MR) is 264 cm³/mol. The van der Waals surface area contributed by atoms with Crippen LogP contribution in [0.25, 0.3) is 22.3 Å². The van der Waals surface area contributed by atoms with Crippen LogP contribution in [-0.4, -0.2) is 108 Å². The summed E-state index contributed by atoms with van der Waals surface area (Å²) < 4.78 is 25.1. The van der Waals surface area contributed by atoms with Gasteiger partial charge in [0.15, 0.2) is 0 Å². The van der Waals surface area contributed by atoms with Gasteiger partial charge in [-0.1, -0.05) is 229 Å². The van der Waals surface area contributed by atoms with Crippen LogP contribution in [0.4, 0.5) is 0 Å². The average Bonchev–Trinajstić information content (AvgIpc) is 3.21. The van der Waals surface area contributed by atoms with Gasteiger partial charge in [0.25, 0.3) is 0 Å². The summed E-state index contributed by atoms with van der Waals surface area (Å²) in [5, 5.41) is 17.7. The number of hydrogen-bond acceptors (Lipinski definition) is 8. The van der Waals surface area contributed by atoms with Crippen LogP contribution in [-0.2, 0) is 41.5 Å². The molecule has 0 aromatic heterocycles. The molecule has 0 aliphatic heterocycles. The van der Waals surface area contributed by atoms with Gasteiger partial charge in [-0.3, -0.25) is 0 Å². The van der Waals surface area contributed by atoms with Gasteiger partial charge in [0.05, 0.1) is 0 Å². The third-order valence-electron chi connectivity index (χ3n) is 11.6. The Morgan fingerprint density at radius 2 is 0.545 bits per heavy atom. The Balaban J connectivity index is 0.000000340. The third-order valence-corrected chi connectivity index (χ3v) is 14.2. The van der Waals surface area contributed by atoms with Gasteiger partial charge in [0, 0.05) is 0 Å². The van der Waals surface area contributed by atoms with Crippen LogP contribution in [0.15, 0.2) is 146 Å². The van der Waals surface area contributed by atoms with Crippen LogP contribution < -0.4 is 19.6 Å². The zero-order valence-corrected chi connectivity index (χ0v) is 51.2. The fourth-order valence-electron chi connectivity index (χ4n) is 8.19. The zero-order chi connectivity index (χ0) is 47.9. The van der Waals surface area contributed by atoms with Gasteiger partial charge >= 0.3 is 97.8 Å². The van der Waals surface area contributed by atoms with Gasteiger partial charge in [-0.25, -0.2) is 0 Å². The summed E-state index contributed by atoms with van der Waals surface area (Å²) in [6.07, 6.45) is 0. The van der Waals surface area contributed by atoms with E-state index in [1.54, 1.807) is 60.7 Å². The average molecular weight is 1180 g/mol. The molecule has 0 saturated heterocycles. The first-order chi connectivity index (χ1) is 29.3. The van der Waals surface area contributed by atoms with Crippen molar-refractivity contribution in [2.75, 3.05) is 0 Å². The van der Waals surface area contributed by atoms with Crippen LogP contribution in [0.3, 0.4) is 0 Å². The van der Waals surface area contributed by atoms with Crippen LogP contribution >= 0.6 is 15.2 Å². The van der Waals surface area contributed by atoms with Crippen molar-refractivity contribution in [2.45, 2.75) is 115 Å². The second-order valence-corrected chi connectivity index (χ2v) is 24.0. The molecule has 0 heterocycles. The molecule has 6 aromatic carbocycles. The topological polar surface area (TPSA) is 167 Å². The van der Waals surface area contributed by atoms with E-state index in [0.29, 0.717) is 0 Å². The summed E-state index contributed by atoms with van der Waals surface area (Å²) in [6.45, 7) is 24.5. The van der Waals surface area contributed by atoms with E-state index in [0.717, 1.165) is 44.5 Å². The third kappa shape index (κ3) is 12.8. The minimum atomic E-state index is -5.51. The summed E-state index contributed by atoms with van der Waals surface area (Å²) >= 11 is 0. The SMILES string of the molecule is CC(C)(C)c1cc(C(O)(c2ccccc2)P(=O)([O-])[O-])cc(C(C)(C)C)c1-c1ccccc1.CC(C)(C)c1cc(C(O)(c2ccccc2)P(=O)([O-])[O-])cc(C(C)(C)C)c1-c1ccccc1.[Ba+2].[Ba+2]. The van der Waals surface area contributed by atoms with Crippen LogP contribution in [0.5, 0.6) is 0 Å². The van der Waals surface area contributed by atoms with Gasteiger partial charge in [0.2, 0.25) is 0 Å². The number of aliphatic hydroxyl groups is 2. The Labute approximate surface area is 473 Å². The Kier molecular flexibility index (Phi) is 19.7. The molecule has 0 aliphatic carbocycles. The maximum absolute atomic E-state index is 12.6. The Hall–Kier alpha value is -1.32. The minimum absolute atomic E-state index is 0. The van der Waals surface area contributed by atoms with E-state index < -0.39 is 25.9 Å². The second-order valence-electron chi connectivity index (χ2n) is 20.7. The van der Waals surface area contributed by atoms with E-state index >= 15 is 0 Å². The molecule has 12 heteroatoms. The largest absolute Gasteiger partial charge is 2.00 e. The monoisotopic (exact) mass is 1180 g/mol. The van der Waals surface area contributed by atoms with Crippen molar-refractivity contribution in [1.82, 2.24) is 0 Å². The summed E-state index contributed by atoms with van der Waals surface area (Å²) in [6, 6.07) is 42.4. The van der Waals surface area contributed by atoms with E-state index in [1.807, 2.05) is 144 Å². The van der Waals surface area contributed by atoms with Gasteiger partial charge < -0.3 is 38.9 Å². The molecule has 6 aromatic rings. The molecule has 8 nitrogen and oxygen atoms in total. The van der Waals surface area contributed by atoms with E-state index in [1.165, 1.54) is 24.3 Å². The fourth-order valence-corrected chi connectivity index (χ4v) is 10.0. The van der Waals surface area contributed by atoms with Crippen molar-refractivity contribution in [3.05, 3.63) is 190 Å². The van der Waals surface area contributed by atoms with Crippen LogP contribution in [0, 0.1) is 0 Å². The molecule has 0 bridgehead atoms. The second kappa shape index (κ2) is 22.0. The maximum atomic E-state index is 12.6. The molecule has 66 heavy (non-hydrogen) atoms. The Morgan fingerprint density at radius 3 is 0.727 bits per heavy atom. The Morgan fingerprint density at radius 1 is 0.348 bits per heavy atom. The van der Waals surface area contributed by atoms with Crippen molar-refractivity contribution in [3.8, 4) is 22.3 Å². The van der Waals surface area contributed by atoms with Gasteiger partial charge in [-0.2, -0.15) is 0 Å². The molecule has 0 fully saturated rings. The number of hydrogen-bond donors (Lipinski definition) is 2. The summed E-state index contributed by atoms with van der Waals surface area (Å²) in [5.41, 5.74) is 6.19. The first-order valence-corrected chi connectivity index (χ1v) is 24.5. The molecule has 340 valence electrons. The molecule has 2 atom stereocenters. The van der Waals surface area contributed by atoms with E-state index in [2.05, 4.69) is 0 Å². The summed E-state index contributed by atoms with van der Waals surface area (Å²) in [7, 11) is -11.0. The zero-order valence-electron chi connectivity index (χ0n) is 40.5. The first-order valence-electron chi connectivity index (χ1n) is 21.4. The molecule has 0 saturated carbocycles. The standard InChI is InChI=1S/2C27H33O4P.2Ba/c2*1-25(2,3)22-17-21(27(28,32(29,30)31)20-15-11-8-12-16-20)18-23(26(4,5)6)24(22)19-13-9-7-10-14-19;;/h2*7-18,28H,1-6H3,(H2,29,30,31);;/q;;2*+2/p-4. The quantitative estimate of drug-likeness (QED) is 0.112. The van der Waals surface area contributed by atoms with Gasteiger partial charge in [-0.05, 0) is 104 Å². The minimum Gasteiger partial charge on any atom is -0.808 e. The number of rotatable bonds is 8. The molecular formula is C54H62Ba2O8P2. The van der Waals surface area contributed by atoms with Crippen molar-refractivity contribution in [3.63, 3.8) is 0 Å². The van der Waals surface area contributed by atoms with E-state index in [9.17, 15) is 38.9 Å². The normalized spacial score (nSPS) is 14.3. The maximum Gasteiger partial charge on any atom is 2.00 e. The smallest absolute Gasteiger partial charge is 0.808 e. The molecule has 2 N–H and O–H groups in total. The molecule has 0 amide bonds. The molecule has 6 rings (SSSR count). The summed E-state index contributed by atoms with van der Waals surface area (Å²) in [5.74, 6) is 0. The van der Waals surface area contributed by atoms with Crippen molar-refractivity contribution >= 4 is 113 Å². The van der Waals surface area contributed by atoms with Crippen molar-refractivity contribution in [2.24, 2.45) is 0 Å². The van der Waals surface area contributed by atoms with E-state index in [-0.39, 0.29) is 142 Å². The van der Waals surface area contributed by atoms with Crippen LogP contribution in [0.1, 0.15) is 128 Å². The number of benzene rings is 6. The molecule has 0 radical (unpaired) electrons. The van der Waals surface area contributed by atoms with E-state index in [4.69, 9.17) is 0 Å². The predicted octanol–water partition coefficient (Wildman–Crippen LogP) is 9.35. The van der Waals surface area contributed by atoms with Crippen LogP contribution in [0.2, 0.25) is 0 Å². The molecule has 0 spiro atoms. The van der Waals surface area contributed by atoms with Gasteiger partial charge in [0.1, 0.15) is 10.7 Å². The molecule has 2 unspecified atom stereocenters. The Bertz CT molecular complexity index is 2400.